The van der Waals surface area contributed by atoms with Gasteiger partial charge in [0.1, 0.15) is 6.54 Å². The zero-order valence-electron chi connectivity index (χ0n) is 17.3. The van der Waals surface area contributed by atoms with Gasteiger partial charge in [-0.3, -0.25) is 13.9 Å². The van der Waals surface area contributed by atoms with Crippen LogP contribution in [0.1, 0.15) is 15.9 Å². The first-order chi connectivity index (χ1) is 15.3. The number of benzene rings is 3. The number of hydrogen-bond acceptors (Lipinski definition) is 4. The molecule has 32 heavy (non-hydrogen) atoms. The van der Waals surface area contributed by atoms with Crippen LogP contribution >= 0.6 is 11.6 Å². The molecule has 2 amide bonds. The minimum Gasteiger partial charge on any atom is -0.348 e. The molecule has 0 saturated heterocycles. The first-order valence-electron chi connectivity index (χ1n) is 9.69. The molecule has 0 aliphatic heterocycles. The fraction of sp³-hybridized carbons (Fsp3) is 0.130. The second-order valence-electron chi connectivity index (χ2n) is 6.98. The maximum atomic E-state index is 12.7. The highest BCUT2D eigenvalue weighted by atomic mass is 35.5. The maximum Gasteiger partial charge on any atom is 0.253 e. The zero-order valence-corrected chi connectivity index (χ0v) is 18.9. The number of halogens is 1. The van der Waals surface area contributed by atoms with E-state index in [1.54, 1.807) is 42.5 Å². The summed E-state index contributed by atoms with van der Waals surface area (Å²) in [6.45, 7) is -0.168. The smallest absolute Gasteiger partial charge is 0.253 e. The highest BCUT2D eigenvalue weighted by Crippen LogP contribution is 2.27. The Kier molecular flexibility index (Phi) is 7.50. The first-order valence-corrected chi connectivity index (χ1v) is 11.9. The van der Waals surface area contributed by atoms with E-state index in [1.165, 1.54) is 6.07 Å². The van der Waals surface area contributed by atoms with Crippen LogP contribution in [0.5, 0.6) is 0 Å². The number of carbonyl (C=O) groups excluding carboxylic acids is 2. The monoisotopic (exact) mass is 471 g/mol. The van der Waals surface area contributed by atoms with Gasteiger partial charge in [-0.15, -0.1) is 0 Å². The molecule has 7 nitrogen and oxygen atoms in total. The van der Waals surface area contributed by atoms with Crippen LogP contribution in [-0.4, -0.2) is 33.0 Å². The SMILES string of the molecule is CS(=O)(=O)N(CC(=O)Nc1ccccc1C(=O)NCc1ccccc1)c1ccccc1Cl. The minimum atomic E-state index is -3.78. The Morgan fingerprint density at radius 2 is 1.53 bits per heavy atom. The standard InChI is InChI=1S/C23H22ClN3O4S/c1-32(30,31)27(21-14-8-6-12-19(21)24)16-22(28)26-20-13-7-5-11-18(20)23(29)25-15-17-9-3-2-4-10-17/h2-14H,15-16H2,1H3,(H,25,29)(H,26,28). The number of sulfonamides is 1. The number of carbonyl (C=O) groups is 2. The summed E-state index contributed by atoms with van der Waals surface area (Å²) in [6.07, 6.45) is 0.995. The van der Waals surface area contributed by atoms with E-state index in [0.29, 0.717) is 6.54 Å². The van der Waals surface area contributed by atoms with E-state index in [-0.39, 0.29) is 27.9 Å². The summed E-state index contributed by atoms with van der Waals surface area (Å²) < 4.78 is 25.5. The molecule has 3 aromatic rings. The predicted molar refractivity (Wildman–Crippen MR) is 126 cm³/mol. The Bertz CT molecular complexity index is 1220. The molecule has 0 bridgehead atoms. The third-order valence-electron chi connectivity index (χ3n) is 4.55. The Morgan fingerprint density at radius 3 is 2.22 bits per heavy atom. The van der Waals surface area contributed by atoms with Crippen molar-refractivity contribution in [2.75, 3.05) is 22.4 Å². The van der Waals surface area contributed by atoms with Crippen LogP contribution in [0.2, 0.25) is 5.02 Å². The lowest BCUT2D eigenvalue weighted by Gasteiger charge is -2.23. The number of amides is 2. The third-order valence-corrected chi connectivity index (χ3v) is 6.00. The van der Waals surface area contributed by atoms with Crippen LogP contribution in [0.4, 0.5) is 11.4 Å². The maximum absolute atomic E-state index is 12.7. The number of nitrogens with zero attached hydrogens (tertiary/aromatic N) is 1. The number of nitrogens with one attached hydrogen (secondary N) is 2. The molecular weight excluding hydrogens is 450 g/mol. The summed E-state index contributed by atoms with van der Waals surface area (Å²) >= 11 is 6.13. The fourth-order valence-corrected chi connectivity index (χ4v) is 4.17. The average molecular weight is 472 g/mol. The van der Waals surface area contributed by atoms with Crippen molar-refractivity contribution in [2.45, 2.75) is 6.54 Å². The summed E-state index contributed by atoms with van der Waals surface area (Å²) in [5.41, 5.74) is 1.67. The van der Waals surface area contributed by atoms with Crippen molar-refractivity contribution in [3.63, 3.8) is 0 Å². The topological polar surface area (TPSA) is 95.6 Å². The van der Waals surface area contributed by atoms with Gasteiger partial charge in [-0.25, -0.2) is 8.42 Å². The van der Waals surface area contributed by atoms with Crippen molar-refractivity contribution in [2.24, 2.45) is 0 Å². The molecule has 0 unspecified atom stereocenters. The summed E-state index contributed by atoms with van der Waals surface area (Å²) in [4.78, 5) is 25.4. The van der Waals surface area contributed by atoms with Crippen molar-refractivity contribution in [1.82, 2.24) is 5.32 Å². The molecule has 2 N–H and O–H groups in total. The zero-order chi connectivity index (χ0) is 23.1. The molecule has 3 rings (SSSR count). The van der Waals surface area contributed by atoms with Gasteiger partial charge in [0.2, 0.25) is 15.9 Å². The minimum absolute atomic E-state index is 0.195. The molecular formula is C23H22ClN3O4S. The van der Waals surface area contributed by atoms with E-state index in [0.717, 1.165) is 16.1 Å². The number of para-hydroxylation sites is 2. The molecule has 0 radical (unpaired) electrons. The Hall–Kier alpha value is -3.36. The van der Waals surface area contributed by atoms with Crippen molar-refractivity contribution in [1.29, 1.82) is 0 Å². The van der Waals surface area contributed by atoms with E-state index in [9.17, 15) is 18.0 Å². The summed E-state index contributed by atoms with van der Waals surface area (Å²) in [7, 11) is -3.78. The van der Waals surface area contributed by atoms with E-state index in [1.807, 2.05) is 30.3 Å². The van der Waals surface area contributed by atoms with Crippen LogP contribution in [-0.2, 0) is 21.4 Å². The van der Waals surface area contributed by atoms with Crippen molar-refractivity contribution >= 4 is 44.8 Å². The average Bonchev–Trinajstić information content (AvgIpc) is 2.77. The lowest BCUT2D eigenvalue weighted by molar-refractivity contribution is -0.114. The third kappa shape index (κ3) is 6.09. The molecule has 0 aliphatic carbocycles. The van der Waals surface area contributed by atoms with Crippen LogP contribution in [0.25, 0.3) is 0 Å². The molecule has 0 heterocycles. The Labute approximate surface area is 192 Å². The summed E-state index contributed by atoms with van der Waals surface area (Å²) in [5.74, 6) is -0.977. The first kappa shape index (κ1) is 23.3. The summed E-state index contributed by atoms with van der Waals surface area (Å²) in [5, 5.41) is 5.65. The molecule has 0 saturated carbocycles. The number of anilines is 2. The molecule has 3 aromatic carbocycles. The van der Waals surface area contributed by atoms with Crippen LogP contribution in [0.3, 0.4) is 0 Å². The van der Waals surface area contributed by atoms with Gasteiger partial charge in [0.15, 0.2) is 0 Å². The molecule has 0 fully saturated rings. The molecule has 166 valence electrons. The van der Waals surface area contributed by atoms with Crippen molar-refractivity contribution < 1.29 is 18.0 Å². The van der Waals surface area contributed by atoms with Gasteiger partial charge in [0.05, 0.1) is 28.2 Å². The molecule has 9 heteroatoms. The highest BCUT2D eigenvalue weighted by molar-refractivity contribution is 7.92. The largest absolute Gasteiger partial charge is 0.348 e. The molecule has 0 spiro atoms. The van der Waals surface area contributed by atoms with Gasteiger partial charge in [-0.05, 0) is 29.8 Å². The van der Waals surface area contributed by atoms with Crippen LogP contribution < -0.4 is 14.9 Å². The van der Waals surface area contributed by atoms with Crippen molar-refractivity contribution in [3.8, 4) is 0 Å². The van der Waals surface area contributed by atoms with E-state index in [4.69, 9.17) is 11.6 Å². The Morgan fingerprint density at radius 1 is 0.906 bits per heavy atom. The lowest BCUT2D eigenvalue weighted by atomic mass is 10.1. The van der Waals surface area contributed by atoms with Gasteiger partial charge in [-0.1, -0.05) is 66.2 Å². The van der Waals surface area contributed by atoms with Crippen LogP contribution in [0, 0.1) is 0 Å². The van der Waals surface area contributed by atoms with E-state index >= 15 is 0 Å². The molecule has 0 aliphatic rings. The highest BCUT2D eigenvalue weighted by Gasteiger charge is 2.23. The Balaban J connectivity index is 1.75. The van der Waals surface area contributed by atoms with E-state index in [2.05, 4.69) is 10.6 Å². The number of rotatable bonds is 8. The quantitative estimate of drug-likeness (QED) is 0.524. The van der Waals surface area contributed by atoms with Gasteiger partial charge >= 0.3 is 0 Å². The molecule has 0 aromatic heterocycles. The predicted octanol–water partition coefficient (Wildman–Crippen LogP) is 3.67. The van der Waals surface area contributed by atoms with Gasteiger partial charge in [-0.2, -0.15) is 0 Å². The summed E-state index contributed by atoms with van der Waals surface area (Å²) in [6, 6.07) is 22.3. The van der Waals surface area contributed by atoms with Gasteiger partial charge in [0.25, 0.3) is 5.91 Å². The lowest BCUT2D eigenvalue weighted by Crippen LogP contribution is -2.38. The van der Waals surface area contributed by atoms with E-state index < -0.39 is 22.5 Å². The fourth-order valence-electron chi connectivity index (χ4n) is 3.02. The number of hydrogen-bond donors (Lipinski definition) is 2. The second kappa shape index (κ2) is 10.3. The molecule has 0 atom stereocenters. The van der Waals surface area contributed by atoms with Gasteiger partial charge < -0.3 is 10.6 Å². The normalized spacial score (nSPS) is 10.9. The van der Waals surface area contributed by atoms with Crippen LogP contribution in [0.15, 0.2) is 78.9 Å². The van der Waals surface area contributed by atoms with Crippen molar-refractivity contribution in [3.05, 3.63) is 95.0 Å². The van der Waals surface area contributed by atoms with Gasteiger partial charge in [0, 0.05) is 6.54 Å². The second-order valence-corrected chi connectivity index (χ2v) is 9.30.